The molecule has 0 amide bonds. The van der Waals surface area contributed by atoms with E-state index in [4.69, 9.17) is 14.6 Å². The molecule has 22 heavy (non-hydrogen) atoms. The van der Waals surface area contributed by atoms with Crippen LogP contribution in [0.1, 0.15) is 5.56 Å². The molecule has 0 aliphatic carbocycles. The summed E-state index contributed by atoms with van der Waals surface area (Å²) in [5, 5.41) is 37.9. The van der Waals surface area contributed by atoms with Crippen molar-refractivity contribution in [3.8, 4) is 5.75 Å². The van der Waals surface area contributed by atoms with Crippen molar-refractivity contribution in [3.63, 3.8) is 0 Å². The van der Waals surface area contributed by atoms with Gasteiger partial charge in [0.25, 0.3) is 0 Å². The second-order valence-electron chi connectivity index (χ2n) is 4.84. The maximum atomic E-state index is 12.4. The Balaban J connectivity index is 2.09. The van der Waals surface area contributed by atoms with Crippen LogP contribution in [0.3, 0.4) is 0 Å². The predicted octanol–water partition coefficient (Wildman–Crippen LogP) is -0.116. The fraction of sp³-hybridized carbons (Fsp3) is 0.538. The van der Waals surface area contributed by atoms with Crippen LogP contribution in [0.2, 0.25) is 0 Å². The molecule has 0 aromatic heterocycles. The molecule has 1 heterocycles. The number of rotatable bonds is 3. The molecule has 1 aliphatic rings. The van der Waals surface area contributed by atoms with E-state index in [0.29, 0.717) is 0 Å². The second kappa shape index (κ2) is 6.39. The molecule has 9 heteroatoms. The van der Waals surface area contributed by atoms with Crippen LogP contribution >= 0.6 is 0 Å². The molecule has 0 bridgehead atoms. The minimum Gasteiger partial charge on any atom is -0.462 e. The summed E-state index contributed by atoms with van der Waals surface area (Å²) < 4.78 is 47.6. The van der Waals surface area contributed by atoms with E-state index in [9.17, 15) is 28.5 Å². The minimum absolute atomic E-state index is 0.0303. The number of hydrogen-bond donors (Lipinski definition) is 4. The number of aliphatic hydroxyl groups excluding tert-OH is 4. The predicted molar refractivity (Wildman–Crippen MR) is 65.8 cm³/mol. The van der Waals surface area contributed by atoms with Gasteiger partial charge in [0.1, 0.15) is 30.2 Å². The number of alkyl halides is 3. The van der Waals surface area contributed by atoms with Gasteiger partial charge in [0.2, 0.25) is 6.29 Å². The van der Waals surface area contributed by atoms with Crippen molar-refractivity contribution in [2.24, 2.45) is 0 Å². The molecule has 1 saturated heterocycles. The van der Waals surface area contributed by atoms with Crippen LogP contribution in [0.5, 0.6) is 5.75 Å². The van der Waals surface area contributed by atoms with Crippen molar-refractivity contribution >= 4 is 0 Å². The molecule has 0 saturated carbocycles. The van der Waals surface area contributed by atoms with Crippen molar-refractivity contribution in [2.45, 2.75) is 36.9 Å². The van der Waals surface area contributed by atoms with Crippen LogP contribution in [0.25, 0.3) is 0 Å². The summed E-state index contributed by atoms with van der Waals surface area (Å²) in [6.45, 7) is -0.627. The molecular weight excluding hydrogens is 309 g/mol. The average Bonchev–Trinajstić information content (AvgIpc) is 2.47. The van der Waals surface area contributed by atoms with Gasteiger partial charge >= 0.3 is 6.18 Å². The third-order valence-electron chi connectivity index (χ3n) is 3.28. The zero-order valence-electron chi connectivity index (χ0n) is 11.1. The normalized spacial score (nSPS) is 32.8. The summed E-state index contributed by atoms with van der Waals surface area (Å²) in [5.74, 6) is -0.0303. The number of hydrogen-bond acceptors (Lipinski definition) is 6. The molecule has 1 fully saturated rings. The van der Waals surface area contributed by atoms with Gasteiger partial charge in [-0.15, -0.1) is 0 Å². The maximum Gasteiger partial charge on any atom is 0.416 e. The first-order valence-electron chi connectivity index (χ1n) is 6.38. The van der Waals surface area contributed by atoms with E-state index < -0.39 is 49.1 Å². The van der Waals surface area contributed by atoms with E-state index in [1.54, 1.807) is 0 Å². The van der Waals surface area contributed by atoms with Crippen molar-refractivity contribution < 1.29 is 43.1 Å². The highest BCUT2D eigenvalue weighted by atomic mass is 19.4. The van der Waals surface area contributed by atoms with Gasteiger partial charge in [0, 0.05) is 0 Å². The first kappa shape index (κ1) is 17.0. The summed E-state index contributed by atoms with van der Waals surface area (Å²) in [4.78, 5) is 0. The summed E-state index contributed by atoms with van der Waals surface area (Å²) in [5.41, 5.74) is -0.867. The Hall–Kier alpha value is -1.39. The minimum atomic E-state index is -4.48. The maximum absolute atomic E-state index is 12.4. The number of halogens is 3. The summed E-state index contributed by atoms with van der Waals surface area (Å²) in [6, 6.07) is 3.65. The van der Waals surface area contributed by atoms with Gasteiger partial charge in [-0.1, -0.05) is 0 Å². The highest BCUT2D eigenvalue weighted by molar-refractivity contribution is 5.29. The quantitative estimate of drug-likeness (QED) is 0.619. The van der Waals surface area contributed by atoms with Gasteiger partial charge in [-0.05, 0) is 24.3 Å². The van der Waals surface area contributed by atoms with E-state index in [-0.39, 0.29) is 5.75 Å². The molecule has 0 radical (unpaired) electrons. The van der Waals surface area contributed by atoms with E-state index in [2.05, 4.69) is 0 Å². The first-order valence-corrected chi connectivity index (χ1v) is 6.38. The Bertz CT molecular complexity index is 490. The van der Waals surface area contributed by atoms with Crippen molar-refractivity contribution in [1.82, 2.24) is 0 Å². The molecule has 6 nitrogen and oxygen atoms in total. The van der Waals surface area contributed by atoms with Crippen LogP contribution in [0.15, 0.2) is 24.3 Å². The highest BCUT2D eigenvalue weighted by Gasteiger charge is 2.44. The van der Waals surface area contributed by atoms with E-state index >= 15 is 0 Å². The smallest absolute Gasteiger partial charge is 0.416 e. The lowest BCUT2D eigenvalue weighted by atomic mass is 9.99. The number of aliphatic hydroxyl groups is 4. The fourth-order valence-corrected chi connectivity index (χ4v) is 2.02. The highest BCUT2D eigenvalue weighted by Crippen LogP contribution is 2.31. The zero-order valence-corrected chi connectivity index (χ0v) is 11.1. The van der Waals surface area contributed by atoms with Crippen molar-refractivity contribution in [3.05, 3.63) is 29.8 Å². The fourth-order valence-electron chi connectivity index (χ4n) is 2.02. The third kappa shape index (κ3) is 3.50. The van der Waals surface area contributed by atoms with Crippen molar-refractivity contribution in [2.75, 3.05) is 6.61 Å². The molecular formula is C13H15F3O6. The molecule has 2 rings (SSSR count). The average molecular weight is 324 g/mol. The number of ether oxygens (including phenoxy) is 2. The topological polar surface area (TPSA) is 99.4 Å². The summed E-state index contributed by atoms with van der Waals surface area (Å²) in [6.07, 6.45) is -11.9. The molecule has 1 aromatic carbocycles. The van der Waals surface area contributed by atoms with Gasteiger partial charge in [-0.3, -0.25) is 0 Å². The summed E-state index contributed by atoms with van der Waals surface area (Å²) >= 11 is 0. The lowest BCUT2D eigenvalue weighted by molar-refractivity contribution is -0.277. The Morgan fingerprint density at radius 1 is 1.00 bits per heavy atom. The lowest BCUT2D eigenvalue weighted by Crippen LogP contribution is -2.60. The molecule has 5 atom stereocenters. The Morgan fingerprint density at radius 2 is 1.59 bits per heavy atom. The molecule has 124 valence electrons. The van der Waals surface area contributed by atoms with Gasteiger partial charge in [0.15, 0.2) is 0 Å². The van der Waals surface area contributed by atoms with Crippen LogP contribution in [-0.2, 0) is 10.9 Å². The monoisotopic (exact) mass is 324 g/mol. The van der Waals surface area contributed by atoms with Crippen molar-refractivity contribution in [1.29, 1.82) is 0 Å². The summed E-state index contributed by atoms with van der Waals surface area (Å²) in [7, 11) is 0. The van der Waals surface area contributed by atoms with E-state index in [0.717, 1.165) is 24.3 Å². The molecule has 0 spiro atoms. The Labute approximate surface area is 123 Å². The third-order valence-corrected chi connectivity index (χ3v) is 3.28. The SMILES string of the molecule is OCC1O[C@@H](Oc2ccc(C(F)(F)F)cc2)[C@@H](O)C(O)[C@@H]1O. The van der Waals surface area contributed by atoms with Gasteiger partial charge in [-0.25, -0.2) is 0 Å². The Morgan fingerprint density at radius 3 is 2.09 bits per heavy atom. The Kier molecular flexibility index (Phi) is 4.93. The molecule has 1 aromatic rings. The molecule has 4 N–H and O–H groups in total. The second-order valence-corrected chi connectivity index (χ2v) is 4.84. The first-order chi connectivity index (χ1) is 10.2. The van der Waals surface area contributed by atoms with Crippen LogP contribution in [0.4, 0.5) is 13.2 Å². The van der Waals surface area contributed by atoms with Crippen LogP contribution < -0.4 is 4.74 Å². The zero-order chi connectivity index (χ0) is 16.5. The standard InChI is InChI=1S/C13H15F3O6/c14-13(15,16)6-1-3-7(4-2-6)21-12-11(20)10(19)9(18)8(5-17)22-12/h1-4,8-12,17-20H,5H2/t8?,9-,10?,11+,12-/m1/s1. The van der Waals surface area contributed by atoms with Gasteiger partial charge in [0.05, 0.1) is 12.2 Å². The number of benzene rings is 1. The molecule has 2 unspecified atom stereocenters. The largest absolute Gasteiger partial charge is 0.462 e. The van der Waals surface area contributed by atoms with Gasteiger partial charge in [-0.2, -0.15) is 13.2 Å². The lowest BCUT2D eigenvalue weighted by Gasteiger charge is -2.39. The van der Waals surface area contributed by atoms with E-state index in [1.165, 1.54) is 0 Å². The van der Waals surface area contributed by atoms with Gasteiger partial charge < -0.3 is 29.9 Å². The van der Waals surface area contributed by atoms with Crippen LogP contribution in [0, 0.1) is 0 Å². The van der Waals surface area contributed by atoms with E-state index in [1.807, 2.05) is 0 Å². The van der Waals surface area contributed by atoms with Crippen LogP contribution in [-0.4, -0.2) is 57.7 Å². The molecule has 1 aliphatic heterocycles.